The average molecular weight is 426 g/mol. The molecule has 10 nitrogen and oxygen atoms in total. The summed E-state index contributed by atoms with van der Waals surface area (Å²) in [6.07, 6.45) is 6.62. The summed E-state index contributed by atoms with van der Waals surface area (Å²) < 4.78 is 0. The van der Waals surface area contributed by atoms with Crippen LogP contribution in [-0.2, 0) is 19.3 Å². The Hall–Kier alpha value is -3.24. The number of pyridine rings is 2. The second-order valence-electron chi connectivity index (χ2n) is 7.35. The van der Waals surface area contributed by atoms with Crippen LogP contribution in [0.5, 0.6) is 0 Å². The van der Waals surface area contributed by atoms with E-state index in [9.17, 15) is 9.59 Å². The van der Waals surface area contributed by atoms with E-state index in [0.29, 0.717) is 26.2 Å². The molecular formula is C21H26N6O4. The maximum atomic E-state index is 12.1. The highest BCUT2D eigenvalue weighted by Crippen LogP contribution is 2.16. The van der Waals surface area contributed by atoms with Crippen LogP contribution in [0.1, 0.15) is 6.42 Å². The van der Waals surface area contributed by atoms with E-state index in [0.717, 1.165) is 37.6 Å². The summed E-state index contributed by atoms with van der Waals surface area (Å²) in [5.41, 5.74) is 2.18. The first-order chi connectivity index (χ1) is 15.2. The summed E-state index contributed by atoms with van der Waals surface area (Å²) in [7, 11) is 0. The summed E-state index contributed by atoms with van der Waals surface area (Å²) in [6.45, 7) is 5.18. The first kappa shape index (κ1) is 21.0. The predicted octanol–water partition coefficient (Wildman–Crippen LogP) is 0.727. The molecule has 4 heterocycles. The van der Waals surface area contributed by atoms with Crippen molar-refractivity contribution in [3.63, 3.8) is 0 Å². The van der Waals surface area contributed by atoms with Gasteiger partial charge in [0.25, 0.3) is 0 Å². The third-order valence-electron chi connectivity index (χ3n) is 5.28. The third-order valence-corrected chi connectivity index (χ3v) is 5.28. The summed E-state index contributed by atoms with van der Waals surface area (Å²) >= 11 is 0. The molecule has 0 aliphatic carbocycles. The number of nitrogens with zero attached hydrogens (tertiary/aromatic N) is 6. The number of aromatic nitrogens is 2. The summed E-state index contributed by atoms with van der Waals surface area (Å²) in [4.78, 5) is 47.4. The number of hydrogen-bond donors (Lipinski definition) is 0. The first-order valence-corrected chi connectivity index (χ1v) is 10.4. The summed E-state index contributed by atoms with van der Waals surface area (Å²) in [5, 5.41) is 3.20. The highest BCUT2D eigenvalue weighted by atomic mass is 16.7. The predicted molar refractivity (Wildman–Crippen MR) is 113 cm³/mol. The molecule has 0 atom stereocenters. The molecule has 2 aromatic rings. The SMILES string of the molecule is O=C(CC(=O)ON1CCN(c2ccncc2)CC1)ON1CCN(c2ccncc2)CC1. The normalized spacial score (nSPS) is 17.9. The van der Waals surface area contributed by atoms with Gasteiger partial charge in [-0.25, -0.2) is 9.59 Å². The van der Waals surface area contributed by atoms with Gasteiger partial charge in [0.1, 0.15) is 6.42 Å². The van der Waals surface area contributed by atoms with Gasteiger partial charge in [-0.05, 0) is 24.3 Å². The largest absolute Gasteiger partial charge is 0.369 e. The minimum absolute atomic E-state index is 0.408. The number of hydrogen-bond acceptors (Lipinski definition) is 10. The number of carbonyl (C=O) groups excluding carboxylic acids is 2. The molecule has 2 aliphatic heterocycles. The molecule has 0 N–H and O–H groups in total. The number of carbonyl (C=O) groups is 2. The van der Waals surface area contributed by atoms with Crippen molar-refractivity contribution in [3.8, 4) is 0 Å². The lowest BCUT2D eigenvalue weighted by molar-refractivity contribution is -0.204. The van der Waals surface area contributed by atoms with E-state index in [1.54, 1.807) is 34.9 Å². The molecule has 0 radical (unpaired) electrons. The molecule has 31 heavy (non-hydrogen) atoms. The van der Waals surface area contributed by atoms with Crippen molar-refractivity contribution in [1.82, 2.24) is 20.1 Å². The van der Waals surface area contributed by atoms with Crippen LogP contribution in [-0.4, -0.2) is 84.4 Å². The van der Waals surface area contributed by atoms with Gasteiger partial charge in [0, 0.05) is 62.3 Å². The van der Waals surface area contributed by atoms with Crippen LogP contribution in [0.3, 0.4) is 0 Å². The molecule has 0 saturated carbocycles. The lowest BCUT2D eigenvalue weighted by atomic mass is 10.3. The van der Waals surface area contributed by atoms with Crippen molar-refractivity contribution in [3.05, 3.63) is 49.1 Å². The van der Waals surface area contributed by atoms with Crippen LogP contribution in [0.2, 0.25) is 0 Å². The number of rotatable bonds is 6. The number of hydroxylamine groups is 4. The molecule has 4 rings (SSSR count). The molecule has 0 bridgehead atoms. The van der Waals surface area contributed by atoms with Gasteiger partial charge in [0.05, 0.1) is 26.2 Å². The van der Waals surface area contributed by atoms with Crippen molar-refractivity contribution in [1.29, 1.82) is 0 Å². The Balaban J connectivity index is 1.14. The van der Waals surface area contributed by atoms with E-state index < -0.39 is 18.4 Å². The van der Waals surface area contributed by atoms with Crippen LogP contribution < -0.4 is 9.80 Å². The van der Waals surface area contributed by atoms with Crippen molar-refractivity contribution < 1.29 is 19.3 Å². The van der Waals surface area contributed by atoms with E-state index >= 15 is 0 Å². The molecule has 0 aromatic carbocycles. The minimum atomic E-state index is -0.599. The molecule has 2 saturated heterocycles. The smallest absolute Gasteiger partial charge is 0.336 e. The molecule has 0 unspecified atom stereocenters. The lowest BCUT2D eigenvalue weighted by Crippen LogP contribution is -2.48. The minimum Gasteiger partial charge on any atom is -0.369 e. The zero-order valence-corrected chi connectivity index (χ0v) is 17.3. The Morgan fingerprint density at radius 2 is 1.00 bits per heavy atom. The van der Waals surface area contributed by atoms with Crippen LogP contribution in [0.4, 0.5) is 11.4 Å². The average Bonchev–Trinajstić information content (AvgIpc) is 2.81. The second-order valence-corrected chi connectivity index (χ2v) is 7.35. The lowest BCUT2D eigenvalue weighted by Gasteiger charge is -2.35. The summed E-state index contributed by atoms with van der Waals surface area (Å²) in [6, 6.07) is 7.81. The second kappa shape index (κ2) is 10.2. The molecule has 2 aromatic heterocycles. The van der Waals surface area contributed by atoms with Crippen molar-refractivity contribution >= 4 is 23.3 Å². The Labute approximate surface area is 180 Å². The maximum absolute atomic E-state index is 12.1. The van der Waals surface area contributed by atoms with Gasteiger partial charge in [-0.2, -0.15) is 0 Å². The number of piperazine rings is 2. The van der Waals surface area contributed by atoms with E-state index in [-0.39, 0.29) is 0 Å². The van der Waals surface area contributed by atoms with Crippen LogP contribution in [0.15, 0.2) is 49.1 Å². The number of anilines is 2. The quantitative estimate of drug-likeness (QED) is 0.616. The fourth-order valence-corrected chi connectivity index (χ4v) is 3.66. The fraction of sp³-hybridized carbons (Fsp3) is 0.429. The maximum Gasteiger partial charge on any atom is 0.336 e. The fourth-order valence-electron chi connectivity index (χ4n) is 3.66. The van der Waals surface area contributed by atoms with Crippen LogP contribution in [0, 0.1) is 0 Å². The van der Waals surface area contributed by atoms with Gasteiger partial charge >= 0.3 is 11.9 Å². The Bertz CT molecular complexity index is 781. The highest BCUT2D eigenvalue weighted by Gasteiger charge is 2.25. The van der Waals surface area contributed by atoms with E-state index in [4.69, 9.17) is 9.68 Å². The van der Waals surface area contributed by atoms with Gasteiger partial charge in [0.15, 0.2) is 0 Å². The van der Waals surface area contributed by atoms with Gasteiger partial charge in [-0.15, -0.1) is 10.1 Å². The highest BCUT2D eigenvalue weighted by molar-refractivity contribution is 5.90. The first-order valence-electron chi connectivity index (χ1n) is 10.4. The van der Waals surface area contributed by atoms with Crippen LogP contribution in [0.25, 0.3) is 0 Å². The Morgan fingerprint density at radius 3 is 1.35 bits per heavy atom. The van der Waals surface area contributed by atoms with Crippen molar-refractivity contribution in [2.24, 2.45) is 0 Å². The zero-order chi connectivity index (χ0) is 21.5. The van der Waals surface area contributed by atoms with E-state index in [1.165, 1.54) is 0 Å². The van der Waals surface area contributed by atoms with E-state index in [1.807, 2.05) is 24.3 Å². The molecule has 164 valence electrons. The standard InChI is InChI=1S/C21H26N6O4/c28-20(30-26-13-9-24(10-14-26)18-1-5-22-6-2-18)17-21(29)31-27-15-11-25(12-16-27)19-3-7-23-8-4-19/h1-8H,9-17H2. The molecule has 2 aliphatic rings. The Morgan fingerprint density at radius 1 is 0.645 bits per heavy atom. The van der Waals surface area contributed by atoms with Gasteiger partial charge in [0.2, 0.25) is 0 Å². The van der Waals surface area contributed by atoms with Gasteiger partial charge < -0.3 is 19.5 Å². The monoisotopic (exact) mass is 426 g/mol. The van der Waals surface area contributed by atoms with Crippen molar-refractivity contribution in [2.45, 2.75) is 6.42 Å². The molecule has 0 amide bonds. The third kappa shape index (κ3) is 5.89. The zero-order valence-electron chi connectivity index (χ0n) is 17.3. The Kier molecular flexibility index (Phi) is 6.90. The molecule has 2 fully saturated rings. The van der Waals surface area contributed by atoms with Gasteiger partial charge in [-0.1, -0.05) is 0 Å². The molecule has 10 heteroatoms. The van der Waals surface area contributed by atoms with Gasteiger partial charge in [-0.3, -0.25) is 9.97 Å². The molecule has 0 spiro atoms. The van der Waals surface area contributed by atoms with E-state index in [2.05, 4.69) is 19.8 Å². The molecular weight excluding hydrogens is 400 g/mol. The van der Waals surface area contributed by atoms with Crippen LogP contribution >= 0.6 is 0 Å². The van der Waals surface area contributed by atoms with Crippen molar-refractivity contribution in [2.75, 3.05) is 62.2 Å². The summed E-state index contributed by atoms with van der Waals surface area (Å²) in [5.74, 6) is -1.20. The topological polar surface area (TPSA) is 91.3 Å².